The van der Waals surface area contributed by atoms with E-state index in [2.05, 4.69) is 20.4 Å². The number of nitrogens with one attached hydrogen (secondary N) is 1. The van der Waals surface area contributed by atoms with Gasteiger partial charge in [0.15, 0.2) is 5.82 Å². The van der Waals surface area contributed by atoms with Crippen LogP contribution in [0.5, 0.6) is 0 Å². The molecule has 0 saturated carbocycles. The van der Waals surface area contributed by atoms with Crippen molar-refractivity contribution >= 4 is 11.6 Å². The van der Waals surface area contributed by atoms with Crippen molar-refractivity contribution in [3.05, 3.63) is 35.7 Å². The zero-order valence-electron chi connectivity index (χ0n) is 12.5. The predicted octanol–water partition coefficient (Wildman–Crippen LogP) is 1.87. The van der Waals surface area contributed by atoms with E-state index in [0.29, 0.717) is 37.0 Å². The fraction of sp³-hybridized carbons (Fsp3) is 0.429. The summed E-state index contributed by atoms with van der Waals surface area (Å²) in [5, 5.41) is 6.95. The molecule has 0 unspecified atom stereocenters. The number of aromatic nitrogens is 3. The van der Waals surface area contributed by atoms with Crippen molar-refractivity contribution in [2.45, 2.75) is 27.3 Å². The number of rotatable bonds is 6. The number of hydrogen-bond acceptors (Lipinski definition) is 6. The first kappa shape index (κ1) is 15.0. The van der Waals surface area contributed by atoms with Crippen LogP contribution in [-0.2, 0) is 6.54 Å². The van der Waals surface area contributed by atoms with Gasteiger partial charge in [0.2, 0.25) is 5.89 Å². The molecule has 0 spiro atoms. The standard InChI is InChI=1S/C14H19N5O2/c1-4-19(5-2)14(20)12-8-11(6-7-15-12)16-9-13-17-10(3)21-18-13/h6-8H,4-5,9H2,1-3H3,(H,15,16). The molecule has 0 radical (unpaired) electrons. The Morgan fingerprint density at radius 1 is 1.38 bits per heavy atom. The Hall–Kier alpha value is -2.44. The summed E-state index contributed by atoms with van der Waals surface area (Å²) in [5.41, 5.74) is 1.22. The number of carbonyl (C=O) groups excluding carboxylic acids is 1. The second-order valence-corrected chi connectivity index (χ2v) is 4.49. The molecule has 0 aliphatic carbocycles. The number of hydrogen-bond donors (Lipinski definition) is 1. The van der Waals surface area contributed by atoms with Crippen LogP contribution in [0.4, 0.5) is 5.69 Å². The molecule has 7 heteroatoms. The Kier molecular flexibility index (Phi) is 4.86. The SMILES string of the molecule is CCN(CC)C(=O)c1cc(NCc2noc(C)n2)ccn1. The van der Waals surface area contributed by atoms with Gasteiger partial charge in [-0.3, -0.25) is 9.78 Å². The predicted molar refractivity (Wildman–Crippen MR) is 77.9 cm³/mol. The van der Waals surface area contributed by atoms with Crippen LogP contribution in [0.2, 0.25) is 0 Å². The Morgan fingerprint density at radius 3 is 2.76 bits per heavy atom. The average Bonchev–Trinajstić information content (AvgIpc) is 2.92. The van der Waals surface area contributed by atoms with Crippen molar-refractivity contribution in [1.82, 2.24) is 20.0 Å². The van der Waals surface area contributed by atoms with Crippen LogP contribution in [-0.4, -0.2) is 39.0 Å². The first-order valence-electron chi connectivity index (χ1n) is 6.92. The van der Waals surface area contributed by atoms with Crippen LogP contribution in [0.25, 0.3) is 0 Å². The molecule has 1 N–H and O–H groups in total. The van der Waals surface area contributed by atoms with E-state index in [1.54, 1.807) is 30.2 Å². The summed E-state index contributed by atoms with van der Waals surface area (Å²) in [6, 6.07) is 3.53. The Balaban J connectivity index is 2.05. The molecule has 2 aromatic heterocycles. The van der Waals surface area contributed by atoms with Gasteiger partial charge in [0, 0.05) is 31.9 Å². The Bertz CT molecular complexity index is 607. The molecule has 0 saturated heterocycles. The molecule has 0 fully saturated rings. The van der Waals surface area contributed by atoms with Gasteiger partial charge >= 0.3 is 0 Å². The summed E-state index contributed by atoms with van der Waals surface area (Å²) in [6.45, 7) is 7.39. The summed E-state index contributed by atoms with van der Waals surface area (Å²) >= 11 is 0. The molecule has 2 heterocycles. The van der Waals surface area contributed by atoms with Crippen LogP contribution < -0.4 is 5.32 Å². The van der Waals surface area contributed by atoms with Gasteiger partial charge < -0.3 is 14.7 Å². The van der Waals surface area contributed by atoms with Crippen LogP contribution in [0.15, 0.2) is 22.9 Å². The lowest BCUT2D eigenvalue weighted by Gasteiger charge is -2.18. The minimum Gasteiger partial charge on any atom is -0.377 e. The molecule has 2 rings (SSSR count). The number of carbonyl (C=O) groups is 1. The summed E-state index contributed by atoms with van der Waals surface area (Å²) < 4.78 is 4.90. The van der Waals surface area contributed by atoms with Crippen molar-refractivity contribution in [2.24, 2.45) is 0 Å². The third kappa shape index (κ3) is 3.77. The van der Waals surface area contributed by atoms with Crippen LogP contribution in [0.3, 0.4) is 0 Å². The first-order chi connectivity index (χ1) is 10.1. The quantitative estimate of drug-likeness (QED) is 0.874. The van der Waals surface area contributed by atoms with Crippen molar-refractivity contribution in [3.8, 4) is 0 Å². The maximum absolute atomic E-state index is 12.2. The van der Waals surface area contributed by atoms with Gasteiger partial charge in [-0.2, -0.15) is 4.98 Å². The molecule has 7 nitrogen and oxygen atoms in total. The number of amides is 1. The fourth-order valence-electron chi connectivity index (χ4n) is 1.92. The fourth-order valence-corrected chi connectivity index (χ4v) is 1.92. The molecule has 0 aromatic carbocycles. The summed E-state index contributed by atoms with van der Waals surface area (Å²) in [4.78, 5) is 22.2. The van der Waals surface area contributed by atoms with E-state index < -0.39 is 0 Å². The summed E-state index contributed by atoms with van der Waals surface area (Å²) in [6.07, 6.45) is 1.61. The first-order valence-corrected chi connectivity index (χ1v) is 6.92. The van der Waals surface area contributed by atoms with Crippen molar-refractivity contribution in [1.29, 1.82) is 0 Å². The number of anilines is 1. The monoisotopic (exact) mass is 289 g/mol. The van der Waals surface area contributed by atoms with Crippen LogP contribution in [0.1, 0.15) is 36.1 Å². The largest absolute Gasteiger partial charge is 0.377 e. The van der Waals surface area contributed by atoms with E-state index in [1.165, 1.54) is 0 Å². The summed E-state index contributed by atoms with van der Waals surface area (Å²) in [7, 11) is 0. The molecule has 1 amide bonds. The topological polar surface area (TPSA) is 84.2 Å². The van der Waals surface area contributed by atoms with Crippen molar-refractivity contribution in [3.63, 3.8) is 0 Å². The van der Waals surface area contributed by atoms with Gasteiger partial charge in [-0.25, -0.2) is 0 Å². The molecule has 0 aliphatic heterocycles. The highest BCUT2D eigenvalue weighted by Crippen LogP contribution is 2.11. The lowest BCUT2D eigenvalue weighted by Crippen LogP contribution is -2.31. The Labute approximate surface area is 123 Å². The number of pyridine rings is 1. The number of aryl methyl sites for hydroxylation is 1. The Morgan fingerprint density at radius 2 is 2.14 bits per heavy atom. The molecular formula is C14H19N5O2. The lowest BCUT2D eigenvalue weighted by molar-refractivity contribution is 0.0767. The van der Waals surface area contributed by atoms with Crippen molar-refractivity contribution < 1.29 is 9.32 Å². The van der Waals surface area contributed by atoms with Gasteiger partial charge in [0.1, 0.15) is 5.69 Å². The zero-order valence-corrected chi connectivity index (χ0v) is 12.5. The highest BCUT2D eigenvalue weighted by Gasteiger charge is 2.14. The van der Waals surface area contributed by atoms with E-state index in [4.69, 9.17) is 4.52 Å². The van der Waals surface area contributed by atoms with Crippen LogP contribution >= 0.6 is 0 Å². The second kappa shape index (κ2) is 6.83. The highest BCUT2D eigenvalue weighted by atomic mass is 16.5. The molecular weight excluding hydrogens is 270 g/mol. The highest BCUT2D eigenvalue weighted by molar-refractivity contribution is 5.93. The normalized spacial score (nSPS) is 10.4. The minimum absolute atomic E-state index is 0.0703. The van der Waals surface area contributed by atoms with Crippen LogP contribution in [0, 0.1) is 6.92 Å². The van der Waals surface area contributed by atoms with Gasteiger partial charge in [0.25, 0.3) is 5.91 Å². The third-order valence-electron chi connectivity index (χ3n) is 3.05. The molecule has 112 valence electrons. The van der Waals surface area contributed by atoms with E-state index in [0.717, 1.165) is 5.69 Å². The van der Waals surface area contributed by atoms with Gasteiger partial charge in [-0.1, -0.05) is 5.16 Å². The second-order valence-electron chi connectivity index (χ2n) is 4.49. The minimum atomic E-state index is -0.0703. The van der Waals surface area contributed by atoms with Gasteiger partial charge in [0.05, 0.1) is 6.54 Å². The van der Waals surface area contributed by atoms with E-state index in [-0.39, 0.29) is 5.91 Å². The maximum atomic E-state index is 12.2. The smallest absolute Gasteiger partial charge is 0.272 e. The summed E-state index contributed by atoms with van der Waals surface area (Å²) in [5.74, 6) is 1.03. The lowest BCUT2D eigenvalue weighted by atomic mass is 10.2. The van der Waals surface area contributed by atoms with E-state index in [1.807, 2.05) is 13.8 Å². The van der Waals surface area contributed by atoms with Gasteiger partial charge in [-0.15, -0.1) is 0 Å². The molecule has 2 aromatic rings. The average molecular weight is 289 g/mol. The molecule has 0 atom stereocenters. The van der Waals surface area contributed by atoms with E-state index in [9.17, 15) is 4.79 Å². The maximum Gasteiger partial charge on any atom is 0.272 e. The molecule has 0 aliphatic rings. The van der Waals surface area contributed by atoms with E-state index >= 15 is 0 Å². The number of nitrogens with zero attached hydrogens (tertiary/aromatic N) is 4. The van der Waals surface area contributed by atoms with Crippen molar-refractivity contribution in [2.75, 3.05) is 18.4 Å². The third-order valence-corrected chi connectivity index (χ3v) is 3.05. The molecule has 0 bridgehead atoms. The molecule has 21 heavy (non-hydrogen) atoms. The zero-order chi connectivity index (χ0) is 15.2. The van der Waals surface area contributed by atoms with Gasteiger partial charge in [-0.05, 0) is 26.0 Å².